The third kappa shape index (κ3) is 4.99. The van der Waals surface area contributed by atoms with Crippen LogP contribution in [0.5, 0.6) is 0 Å². The van der Waals surface area contributed by atoms with Crippen molar-refractivity contribution >= 4 is 15.9 Å². The molecule has 1 aromatic rings. The molecule has 0 unspecified atom stereocenters. The molecule has 1 amide bonds. The van der Waals surface area contributed by atoms with Gasteiger partial charge in [0.1, 0.15) is 11.9 Å². The smallest absolute Gasteiger partial charge is 0.241 e. The van der Waals surface area contributed by atoms with Gasteiger partial charge in [-0.15, -0.1) is 0 Å². The van der Waals surface area contributed by atoms with Crippen molar-refractivity contribution in [2.75, 3.05) is 26.3 Å². The molecule has 1 heterocycles. The average molecular weight is 358 g/mol. The van der Waals surface area contributed by atoms with E-state index in [0.29, 0.717) is 32.7 Å². The van der Waals surface area contributed by atoms with Crippen LogP contribution in [0, 0.1) is 11.7 Å². The summed E-state index contributed by atoms with van der Waals surface area (Å²) in [5, 5.41) is 0. The molecule has 2 rings (SSSR count). The number of morpholine rings is 1. The topological polar surface area (TPSA) is 75.7 Å². The summed E-state index contributed by atoms with van der Waals surface area (Å²) >= 11 is 0. The molecule has 1 saturated heterocycles. The Hall–Kier alpha value is -1.51. The molecule has 0 bridgehead atoms. The van der Waals surface area contributed by atoms with Crippen LogP contribution in [0.4, 0.5) is 4.39 Å². The molecule has 0 radical (unpaired) electrons. The van der Waals surface area contributed by atoms with Gasteiger partial charge in [-0.1, -0.05) is 13.8 Å². The minimum absolute atomic E-state index is 0.0626. The molecular formula is C16H23FN2O4S. The Labute approximate surface area is 142 Å². The first kappa shape index (κ1) is 18.8. The minimum Gasteiger partial charge on any atom is -0.378 e. The van der Waals surface area contributed by atoms with Crippen LogP contribution in [0.2, 0.25) is 0 Å². The van der Waals surface area contributed by atoms with E-state index in [4.69, 9.17) is 4.74 Å². The van der Waals surface area contributed by atoms with Gasteiger partial charge in [-0.3, -0.25) is 4.79 Å². The van der Waals surface area contributed by atoms with E-state index in [0.717, 1.165) is 12.1 Å². The number of carbonyl (C=O) groups excluding carboxylic acids is 1. The highest BCUT2D eigenvalue weighted by Crippen LogP contribution is 2.15. The molecule has 1 aromatic carbocycles. The number of hydrogen-bond donors (Lipinski definition) is 1. The van der Waals surface area contributed by atoms with E-state index in [1.807, 2.05) is 13.8 Å². The van der Waals surface area contributed by atoms with Gasteiger partial charge in [0.15, 0.2) is 0 Å². The Morgan fingerprint density at radius 2 is 1.83 bits per heavy atom. The highest BCUT2D eigenvalue weighted by Gasteiger charge is 2.30. The van der Waals surface area contributed by atoms with Gasteiger partial charge in [0, 0.05) is 13.1 Å². The first-order valence-electron chi connectivity index (χ1n) is 7.94. The largest absolute Gasteiger partial charge is 0.378 e. The van der Waals surface area contributed by atoms with Crippen molar-refractivity contribution in [2.45, 2.75) is 31.2 Å². The van der Waals surface area contributed by atoms with Crippen LogP contribution in [0.3, 0.4) is 0 Å². The number of rotatable bonds is 6. The molecule has 0 aromatic heterocycles. The van der Waals surface area contributed by atoms with Gasteiger partial charge in [0.25, 0.3) is 0 Å². The summed E-state index contributed by atoms with van der Waals surface area (Å²) < 4.78 is 45.7. The summed E-state index contributed by atoms with van der Waals surface area (Å²) in [4.78, 5) is 14.2. The molecular weight excluding hydrogens is 335 g/mol. The van der Waals surface area contributed by atoms with Gasteiger partial charge in [-0.2, -0.15) is 4.72 Å². The fraction of sp³-hybridized carbons (Fsp3) is 0.562. The van der Waals surface area contributed by atoms with Crippen molar-refractivity contribution < 1.29 is 22.3 Å². The van der Waals surface area contributed by atoms with Gasteiger partial charge < -0.3 is 9.64 Å². The maximum atomic E-state index is 13.0. The lowest BCUT2D eigenvalue weighted by Gasteiger charge is -2.31. The van der Waals surface area contributed by atoms with E-state index in [2.05, 4.69) is 4.72 Å². The van der Waals surface area contributed by atoms with Crippen molar-refractivity contribution in [1.29, 1.82) is 0 Å². The highest BCUT2D eigenvalue weighted by atomic mass is 32.2. The third-order valence-electron chi connectivity index (χ3n) is 3.75. The van der Waals surface area contributed by atoms with E-state index in [9.17, 15) is 17.6 Å². The highest BCUT2D eigenvalue weighted by molar-refractivity contribution is 7.89. The molecule has 1 aliphatic rings. The van der Waals surface area contributed by atoms with E-state index < -0.39 is 21.9 Å². The van der Waals surface area contributed by atoms with Crippen LogP contribution >= 0.6 is 0 Å². The first-order chi connectivity index (χ1) is 11.3. The number of carbonyl (C=O) groups is 1. The van der Waals surface area contributed by atoms with Gasteiger partial charge >= 0.3 is 0 Å². The van der Waals surface area contributed by atoms with Gasteiger partial charge in [0.05, 0.1) is 18.1 Å². The molecule has 0 spiro atoms. The normalized spacial score (nSPS) is 17.1. The zero-order valence-electron chi connectivity index (χ0n) is 13.9. The molecule has 24 heavy (non-hydrogen) atoms. The fourth-order valence-corrected chi connectivity index (χ4v) is 3.75. The zero-order valence-corrected chi connectivity index (χ0v) is 14.7. The standard InChI is InChI=1S/C16H23FN2O4S/c1-12(2)11-15(16(20)19-7-9-23-10-8-19)18-24(21,22)14-5-3-13(17)4-6-14/h3-6,12,15,18H,7-11H2,1-2H3/t15-/m0/s1. The second-order valence-electron chi connectivity index (χ2n) is 6.20. The minimum atomic E-state index is -3.90. The Bertz CT molecular complexity index is 655. The van der Waals surface area contributed by atoms with Crippen LogP contribution in [0.25, 0.3) is 0 Å². The quantitative estimate of drug-likeness (QED) is 0.834. The van der Waals surface area contributed by atoms with Crippen LogP contribution in [-0.2, 0) is 19.6 Å². The predicted molar refractivity (Wildman–Crippen MR) is 87.4 cm³/mol. The van der Waals surface area contributed by atoms with Crippen LogP contribution in [0.1, 0.15) is 20.3 Å². The molecule has 1 fully saturated rings. The molecule has 0 saturated carbocycles. The van der Waals surface area contributed by atoms with Gasteiger partial charge in [-0.25, -0.2) is 12.8 Å². The third-order valence-corrected chi connectivity index (χ3v) is 5.24. The SMILES string of the molecule is CC(C)C[C@H](NS(=O)(=O)c1ccc(F)cc1)C(=O)N1CCOCC1. The number of ether oxygens (including phenoxy) is 1. The van der Waals surface area contributed by atoms with Crippen molar-refractivity contribution in [2.24, 2.45) is 5.92 Å². The van der Waals surface area contributed by atoms with Gasteiger partial charge in [0.2, 0.25) is 15.9 Å². The number of halogens is 1. The Balaban J connectivity index is 2.17. The molecule has 1 aliphatic heterocycles. The first-order valence-corrected chi connectivity index (χ1v) is 9.42. The van der Waals surface area contributed by atoms with Gasteiger partial charge in [-0.05, 0) is 36.6 Å². The fourth-order valence-electron chi connectivity index (χ4n) is 2.54. The number of amides is 1. The monoisotopic (exact) mass is 358 g/mol. The molecule has 8 heteroatoms. The maximum Gasteiger partial charge on any atom is 0.241 e. The van der Waals surface area contributed by atoms with Crippen molar-refractivity contribution in [3.05, 3.63) is 30.1 Å². The Morgan fingerprint density at radius 1 is 1.25 bits per heavy atom. The number of benzene rings is 1. The van der Waals surface area contributed by atoms with Crippen molar-refractivity contribution in [1.82, 2.24) is 9.62 Å². The number of sulfonamides is 1. The number of nitrogens with zero attached hydrogens (tertiary/aromatic N) is 1. The summed E-state index contributed by atoms with van der Waals surface area (Å²) in [6, 6.07) is 3.68. The van der Waals surface area contributed by atoms with E-state index in [1.165, 1.54) is 12.1 Å². The second kappa shape index (κ2) is 8.04. The Morgan fingerprint density at radius 3 is 2.38 bits per heavy atom. The zero-order chi connectivity index (χ0) is 17.7. The van der Waals surface area contributed by atoms with E-state index in [1.54, 1.807) is 4.90 Å². The van der Waals surface area contributed by atoms with Crippen molar-refractivity contribution in [3.8, 4) is 0 Å². The molecule has 1 atom stereocenters. The van der Waals surface area contributed by atoms with E-state index >= 15 is 0 Å². The summed E-state index contributed by atoms with van der Waals surface area (Å²) in [5.41, 5.74) is 0. The van der Waals surface area contributed by atoms with Crippen LogP contribution < -0.4 is 4.72 Å². The molecule has 0 aliphatic carbocycles. The lowest BCUT2D eigenvalue weighted by Crippen LogP contribution is -2.52. The van der Waals surface area contributed by atoms with E-state index in [-0.39, 0.29) is 16.7 Å². The van der Waals surface area contributed by atoms with Crippen molar-refractivity contribution in [3.63, 3.8) is 0 Å². The second-order valence-corrected chi connectivity index (χ2v) is 7.91. The number of hydrogen-bond acceptors (Lipinski definition) is 4. The Kier molecular flexibility index (Phi) is 6.31. The number of nitrogens with one attached hydrogen (secondary N) is 1. The van der Waals surface area contributed by atoms with Crippen LogP contribution in [-0.4, -0.2) is 51.6 Å². The lowest BCUT2D eigenvalue weighted by molar-refractivity contribution is -0.137. The summed E-state index contributed by atoms with van der Waals surface area (Å²) in [6.07, 6.45) is 0.386. The molecule has 6 nitrogen and oxygen atoms in total. The lowest BCUT2D eigenvalue weighted by atomic mass is 10.0. The summed E-state index contributed by atoms with van der Waals surface area (Å²) in [7, 11) is -3.90. The average Bonchev–Trinajstić information content (AvgIpc) is 2.54. The predicted octanol–water partition coefficient (Wildman–Crippen LogP) is 1.38. The maximum absolute atomic E-state index is 13.0. The summed E-state index contributed by atoms with van der Waals surface area (Å²) in [6.45, 7) is 5.64. The molecule has 1 N–H and O–H groups in total. The molecule has 134 valence electrons. The summed E-state index contributed by atoms with van der Waals surface area (Å²) in [5.74, 6) is -0.634. The van der Waals surface area contributed by atoms with Crippen LogP contribution in [0.15, 0.2) is 29.2 Å².